The van der Waals surface area contributed by atoms with Gasteiger partial charge < -0.3 is 10.6 Å². The Kier molecular flexibility index (Phi) is 7.11. The van der Waals surface area contributed by atoms with Crippen LogP contribution in [0.4, 0.5) is 11.4 Å². The van der Waals surface area contributed by atoms with E-state index < -0.39 is 20.9 Å². The molecule has 0 aliphatic heterocycles. The van der Waals surface area contributed by atoms with Gasteiger partial charge in [0.25, 0.3) is 11.6 Å². The van der Waals surface area contributed by atoms with E-state index in [4.69, 9.17) is 0 Å². The van der Waals surface area contributed by atoms with Crippen molar-refractivity contribution in [3.63, 3.8) is 0 Å². The number of non-ortho nitro benzene ring substituents is 1. The van der Waals surface area contributed by atoms with E-state index >= 15 is 0 Å². The number of nitro groups is 1. The van der Waals surface area contributed by atoms with Crippen LogP contribution in [0, 0.1) is 10.1 Å². The summed E-state index contributed by atoms with van der Waals surface area (Å²) in [6.07, 6.45) is 0. The Balaban J connectivity index is 1.95. The smallest absolute Gasteiger partial charge is 0.269 e. The summed E-state index contributed by atoms with van der Waals surface area (Å²) in [6, 6.07) is 10.3. The molecule has 0 heterocycles. The van der Waals surface area contributed by atoms with E-state index in [0.717, 1.165) is 4.31 Å². The Bertz CT molecular complexity index is 978. The molecule has 9 nitrogen and oxygen atoms in total. The highest BCUT2D eigenvalue weighted by Crippen LogP contribution is 2.25. The molecule has 2 aromatic rings. The molecule has 0 aliphatic carbocycles. The van der Waals surface area contributed by atoms with Crippen molar-refractivity contribution in [2.75, 3.05) is 32.5 Å². The number of hydrogen-bond donors (Lipinski definition) is 2. The van der Waals surface area contributed by atoms with E-state index in [9.17, 15) is 23.3 Å². The van der Waals surface area contributed by atoms with E-state index in [1.54, 1.807) is 12.1 Å². The van der Waals surface area contributed by atoms with Crippen LogP contribution >= 0.6 is 15.9 Å². The number of sulfonamides is 1. The van der Waals surface area contributed by atoms with Crippen molar-refractivity contribution < 1.29 is 18.1 Å². The van der Waals surface area contributed by atoms with Gasteiger partial charge >= 0.3 is 0 Å². The largest absolute Gasteiger partial charge is 0.383 e. The standard InChI is InChI=1S/C17H19BrN4O5S/c1-21(2)28(26,27)16-11-12(3-8-15(16)18)17(23)20-10-9-19-13-4-6-14(7-5-13)22(24)25/h3-8,11,19H,9-10H2,1-2H3,(H,20,23). The Morgan fingerprint density at radius 3 is 2.36 bits per heavy atom. The van der Waals surface area contributed by atoms with Crippen molar-refractivity contribution in [2.45, 2.75) is 4.90 Å². The lowest BCUT2D eigenvalue weighted by molar-refractivity contribution is -0.384. The van der Waals surface area contributed by atoms with Crippen LogP contribution < -0.4 is 10.6 Å². The summed E-state index contributed by atoms with van der Waals surface area (Å²) in [6.45, 7) is 0.671. The molecule has 1 amide bonds. The number of rotatable bonds is 8. The minimum atomic E-state index is -3.69. The first kappa shape index (κ1) is 21.8. The number of hydrogen-bond acceptors (Lipinski definition) is 6. The SMILES string of the molecule is CN(C)S(=O)(=O)c1cc(C(=O)NCCNc2ccc([N+](=O)[O-])cc2)ccc1Br. The number of anilines is 1. The van der Waals surface area contributed by atoms with Crippen LogP contribution in [0.5, 0.6) is 0 Å². The van der Waals surface area contributed by atoms with E-state index in [-0.39, 0.29) is 22.7 Å². The maximum atomic E-state index is 12.3. The van der Waals surface area contributed by atoms with Crippen molar-refractivity contribution >= 4 is 43.2 Å². The second-order valence-electron chi connectivity index (χ2n) is 5.92. The van der Waals surface area contributed by atoms with Gasteiger partial charge in [-0.2, -0.15) is 0 Å². The van der Waals surface area contributed by atoms with Crippen molar-refractivity contribution in [3.8, 4) is 0 Å². The summed E-state index contributed by atoms with van der Waals surface area (Å²) < 4.78 is 26.1. The van der Waals surface area contributed by atoms with Gasteiger partial charge in [-0.25, -0.2) is 12.7 Å². The monoisotopic (exact) mass is 470 g/mol. The third-order valence-corrected chi connectivity index (χ3v) is 6.58. The molecule has 0 saturated heterocycles. The van der Waals surface area contributed by atoms with Crippen LogP contribution in [0.25, 0.3) is 0 Å². The minimum absolute atomic E-state index is 0.00225. The lowest BCUT2D eigenvalue weighted by atomic mass is 10.2. The first-order chi connectivity index (χ1) is 13.1. The van der Waals surface area contributed by atoms with Gasteiger partial charge in [-0.3, -0.25) is 14.9 Å². The molecule has 0 atom stereocenters. The highest BCUT2D eigenvalue weighted by molar-refractivity contribution is 9.10. The molecule has 0 fully saturated rings. The number of carbonyl (C=O) groups is 1. The number of nitrogens with zero attached hydrogens (tertiary/aromatic N) is 2. The zero-order chi connectivity index (χ0) is 20.9. The number of amides is 1. The molecule has 0 aromatic heterocycles. The maximum absolute atomic E-state index is 12.3. The Morgan fingerprint density at radius 2 is 1.79 bits per heavy atom. The first-order valence-corrected chi connectivity index (χ1v) is 10.3. The lowest BCUT2D eigenvalue weighted by Crippen LogP contribution is -2.29. The third kappa shape index (κ3) is 5.27. The highest BCUT2D eigenvalue weighted by atomic mass is 79.9. The minimum Gasteiger partial charge on any atom is -0.383 e. The summed E-state index contributed by atoms with van der Waals surface area (Å²) in [5.41, 5.74) is 0.902. The normalized spacial score (nSPS) is 11.3. The predicted molar refractivity (Wildman–Crippen MR) is 109 cm³/mol. The third-order valence-electron chi connectivity index (χ3n) is 3.77. The van der Waals surface area contributed by atoms with Gasteiger partial charge in [0.15, 0.2) is 0 Å². The van der Waals surface area contributed by atoms with E-state index in [2.05, 4.69) is 26.6 Å². The Labute approximate surface area is 171 Å². The lowest BCUT2D eigenvalue weighted by Gasteiger charge is -2.14. The summed E-state index contributed by atoms with van der Waals surface area (Å²) in [7, 11) is -0.858. The Morgan fingerprint density at radius 1 is 1.14 bits per heavy atom. The fourth-order valence-corrected chi connectivity index (χ4v) is 4.07. The molecule has 0 radical (unpaired) electrons. The van der Waals surface area contributed by atoms with Crippen LogP contribution in [0.2, 0.25) is 0 Å². The Hall–Kier alpha value is -2.50. The quantitative estimate of drug-likeness (QED) is 0.347. The van der Waals surface area contributed by atoms with Crippen molar-refractivity contribution in [2.24, 2.45) is 0 Å². The number of nitro benzene ring substituents is 1. The fraction of sp³-hybridized carbons (Fsp3) is 0.235. The first-order valence-electron chi connectivity index (χ1n) is 8.11. The number of carbonyl (C=O) groups excluding carboxylic acids is 1. The van der Waals surface area contributed by atoms with Crippen LogP contribution in [0.1, 0.15) is 10.4 Å². The molecule has 0 aliphatic rings. The zero-order valence-corrected chi connectivity index (χ0v) is 17.6. The van der Waals surface area contributed by atoms with Crippen LogP contribution in [0.15, 0.2) is 51.8 Å². The summed E-state index contributed by atoms with van der Waals surface area (Å²) in [4.78, 5) is 22.4. The highest BCUT2D eigenvalue weighted by Gasteiger charge is 2.22. The molecule has 0 spiro atoms. The molecule has 2 aromatic carbocycles. The number of nitrogens with one attached hydrogen (secondary N) is 2. The maximum Gasteiger partial charge on any atom is 0.269 e. The number of benzene rings is 2. The summed E-state index contributed by atoms with van der Waals surface area (Å²) in [5.74, 6) is -0.409. The van der Waals surface area contributed by atoms with E-state index in [0.29, 0.717) is 16.7 Å². The predicted octanol–water partition coefficient (Wildman–Crippen LogP) is 2.45. The van der Waals surface area contributed by atoms with Gasteiger partial charge in [0.2, 0.25) is 10.0 Å². The van der Waals surface area contributed by atoms with Crippen molar-refractivity contribution in [1.29, 1.82) is 0 Å². The molecule has 150 valence electrons. The van der Waals surface area contributed by atoms with Gasteiger partial charge in [-0.05, 0) is 46.3 Å². The molecule has 2 N–H and O–H groups in total. The summed E-state index contributed by atoms with van der Waals surface area (Å²) in [5, 5.41) is 16.3. The summed E-state index contributed by atoms with van der Waals surface area (Å²) >= 11 is 3.20. The molecule has 0 bridgehead atoms. The second kappa shape index (κ2) is 9.13. The van der Waals surface area contributed by atoms with Gasteiger partial charge in [0, 0.05) is 55.0 Å². The van der Waals surface area contributed by atoms with Gasteiger partial charge in [0.1, 0.15) is 0 Å². The molecular weight excluding hydrogens is 452 g/mol. The van der Waals surface area contributed by atoms with Crippen LogP contribution in [-0.4, -0.2) is 50.7 Å². The van der Waals surface area contributed by atoms with E-state index in [1.807, 2.05) is 0 Å². The molecule has 11 heteroatoms. The fourth-order valence-electron chi connectivity index (χ4n) is 2.22. The molecule has 28 heavy (non-hydrogen) atoms. The molecule has 2 rings (SSSR count). The van der Waals surface area contributed by atoms with Gasteiger partial charge in [-0.15, -0.1) is 0 Å². The van der Waals surface area contributed by atoms with Crippen molar-refractivity contribution in [3.05, 3.63) is 62.6 Å². The zero-order valence-electron chi connectivity index (χ0n) is 15.2. The van der Waals surface area contributed by atoms with Crippen LogP contribution in [-0.2, 0) is 10.0 Å². The van der Waals surface area contributed by atoms with Gasteiger partial charge in [0.05, 0.1) is 9.82 Å². The van der Waals surface area contributed by atoms with Gasteiger partial charge in [-0.1, -0.05) is 0 Å². The average Bonchev–Trinajstić information content (AvgIpc) is 2.65. The second-order valence-corrected chi connectivity index (χ2v) is 8.89. The van der Waals surface area contributed by atoms with Crippen LogP contribution in [0.3, 0.4) is 0 Å². The topological polar surface area (TPSA) is 122 Å². The molecule has 0 unspecified atom stereocenters. The average molecular weight is 471 g/mol. The van der Waals surface area contributed by atoms with E-state index in [1.165, 1.54) is 44.4 Å². The molecular formula is C17H19BrN4O5S. The van der Waals surface area contributed by atoms with Crippen molar-refractivity contribution in [1.82, 2.24) is 9.62 Å². The molecule has 0 saturated carbocycles. The number of halogens is 1.